The number of carbonyl (C=O) groups is 1. The molecule has 0 saturated carbocycles. The molecule has 0 aliphatic heterocycles. The van der Waals surface area contributed by atoms with Gasteiger partial charge < -0.3 is 20.6 Å². The summed E-state index contributed by atoms with van der Waals surface area (Å²) < 4.78 is 0. The Hall–Kier alpha value is -2.73. The number of hydrogen-bond donors (Lipinski definition) is 4. The average molecular weight is 317 g/mol. The minimum Gasteiger partial charge on any atom is -0.307 e. The Morgan fingerprint density at radius 3 is 2.41 bits per heavy atom. The summed E-state index contributed by atoms with van der Waals surface area (Å²) in [5.41, 5.74) is 3.00. The van der Waals surface area contributed by atoms with Crippen LogP contribution in [0.2, 0.25) is 5.02 Å². The summed E-state index contributed by atoms with van der Waals surface area (Å²) in [6, 6.07) is 10.1. The van der Waals surface area contributed by atoms with Crippen molar-refractivity contribution in [1.82, 2.24) is 9.97 Å². The average Bonchev–Trinajstić information content (AvgIpc) is 2.81. The molecule has 6 nitrogen and oxygen atoms in total. The maximum atomic E-state index is 12.1. The zero-order chi connectivity index (χ0) is 15.7. The van der Waals surface area contributed by atoms with Gasteiger partial charge in [0.05, 0.1) is 21.7 Å². The van der Waals surface area contributed by atoms with Crippen molar-refractivity contribution < 1.29 is 4.79 Å². The number of nitrogens with one attached hydrogen (secondary N) is 4. The topological polar surface area (TPSA) is 89.8 Å². The van der Waals surface area contributed by atoms with Crippen LogP contribution in [0.5, 0.6) is 0 Å². The Morgan fingerprint density at radius 1 is 1.05 bits per heavy atom. The van der Waals surface area contributed by atoms with Crippen molar-refractivity contribution in [3.8, 4) is 0 Å². The molecule has 0 aliphatic carbocycles. The highest BCUT2D eigenvalue weighted by Crippen LogP contribution is 2.23. The molecule has 0 fully saturated rings. The van der Waals surface area contributed by atoms with Gasteiger partial charge in [0.25, 0.3) is 0 Å². The standard InChI is InChI=1S/C15H13ClN4O2/c1-8-6-12-13(20-15(22)19-12)7-11(8)18-14(21)17-10-5-3-2-4-9(10)16/h2-7H,1H3,(H2,17,18,21)(H2,19,20,22). The van der Waals surface area contributed by atoms with E-state index in [0.717, 1.165) is 5.56 Å². The van der Waals surface area contributed by atoms with Crippen LogP contribution in [0.3, 0.4) is 0 Å². The second-order valence-corrected chi connectivity index (χ2v) is 5.26. The molecule has 0 atom stereocenters. The molecule has 0 saturated heterocycles. The van der Waals surface area contributed by atoms with Crippen LogP contribution in [0.15, 0.2) is 41.2 Å². The number of imidazole rings is 1. The van der Waals surface area contributed by atoms with Gasteiger partial charge in [0, 0.05) is 5.69 Å². The molecule has 2 aromatic carbocycles. The lowest BCUT2D eigenvalue weighted by molar-refractivity contribution is 0.262. The van der Waals surface area contributed by atoms with Crippen molar-refractivity contribution in [2.24, 2.45) is 0 Å². The Labute approximate surface area is 130 Å². The van der Waals surface area contributed by atoms with E-state index >= 15 is 0 Å². The second kappa shape index (κ2) is 5.57. The third-order valence-electron chi connectivity index (χ3n) is 3.23. The van der Waals surface area contributed by atoms with E-state index in [0.29, 0.717) is 27.4 Å². The molecule has 0 unspecified atom stereocenters. The zero-order valence-electron chi connectivity index (χ0n) is 11.7. The first-order chi connectivity index (χ1) is 10.5. The highest BCUT2D eigenvalue weighted by molar-refractivity contribution is 6.33. The number of urea groups is 1. The monoisotopic (exact) mass is 316 g/mol. The van der Waals surface area contributed by atoms with Crippen molar-refractivity contribution in [3.05, 3.63) is 57.5 Å². The first-order valence-electron chi connectivity index (χ1n) is 6.58. The second-order valence-electron chi connectivity index (χ2n) is 4.85. The number of halogens is 1. The van der Waals surface area contributed by atoms with E-state index in [1.807, 2.05) is 6.92 Å². The van der Waals surface area contributed by atoms with E-state index in [2.05, 4.69) is 20.6 Å². The number of aryl methyl sites for hydroxylation is 1. The van der Waals surface area contributed by atoms with Gasteiger partial charge in [-0.25, -0.2) is 9.59 Å². The minimum absolute atomic E-state index is 0.285. The lowest BCUT2D eigenvalue weighted by atomic mass is 10.2. The van der Waals surface area contributed by atoms with Crippen LogP contribution >= 0.6 is 11.6 Å². The van der Waals surface area contributed by atoms with Crippen LogP contribution in [0, 0.1) is 6.92 Å². The van der Waals surface area contributed by atoms with Gasteiger partial charge in [0.2, 0.25) is 0 Å². The van der Waals surface area contributed by atoms with Crippen LogP contribution in [-0.2, 0) is 0 Å². The molecule has 3 aromatic rings. The maximum absolute atomic E-state index is 12.1. The fraction of sp³-hybridized carbons (Fsp3) is 0.0667. The summed E-state index contributed by atoms with van der Waals surface area (Å²) in [4.78, 5) is 28.7. The Morgan fingerprint density at radius 2 is 1.68 bits per heavy atom. The summed E-state index contributed by atoms with van der Waals surface area (Å²) in [5, 5.41) is 5.88. The van der Waals surface area contributed by atoms with Crippen LogP contribution in [0.25, 0.3) is 11.0 Å². The van der Waals surface area contributed by atoms with Crippen molar-refractivity contribution in [1.29, 1.82) is 0 Å². The molecule has 0 aliphatic rings. The van der Waals surface area contributed by atoms with Crippen molar-refractivity contribution >= 4 is 40.0 Å². The Balaban J connectivity index is 1.83. The molecule has 22 heavy (non-hydrogen) atoms. The minimum atomic E-state index is -0.409. The van der Waals surface area contributed by atoms with E-state index < -0.39 is 6.03 Å². The number of benzene rings is 2. The number of aromatic amines is 2. The molecular formula is C15H13ClN4O2. The summed E-state index contributed by atoms with van der Waals surface area (Å²) in [6.07, 6.45) is 0. The van der Waals surface area contributed by atoms with E-state index in [1.54, 1.807) is 36.4 Å². The smallest absolute Gasteiger partial charge is 0.307 e. The number of carbonyl (C=O) groups excluding carboxylic acids is 1. The fourth-order valence-corrected chi connectivity index (χ4v) is 2.35. The number of H-pyrrole nitrogens is 2. The third-order valence-corrected chi connectivity index (χ3v) is 3.56. The molecule has 2 amide bonds. The summed E-state index contributed by atoms with van der Waals surface area (Å²) in [5.74, 6) is 0. The lowest BCUT2D eigenvalue weighted by Gasteiger charge is -2.11. The first-order valence-corrected chi connectivity index (χ1v) is 6.96. The Kier molecular flexibility index (Phi) is 3.60. The van der Waals surface area contributed by atoms with E-state index in [1.165, 1.54) is 0 Å². The predicted octanol–water partition coefficient (Wildman–Crippen LogP) is 3.46. The van der Waals surface area contributed by atoms with E-state index in [9.17, 15) is 9.59 Å². The predicted molar refractivity (Wildman–Crippen MR) is 87.7 cm³/mol. The molecule has 3 rings (SSSR count). The molecule has 0 spiro atoms. The SMILES string of the molecule is Cc1cc2[nH]c(=O)[nH]c2cc1NC(=O)Nc1ccccc1Cl. The highest BCUT2D eigenvalue weighted by atomic mass is 35.5. The zero-order valence-corrected chi connectivity index (χ0v) is 12.4. The number of amides is 2. The lowest BCUT2D eigenvalue weighted by Crippen LogP contribution is -2.20. The normalized spacial score (nSPS) is 10.6. The molecule has 112 valence electrons. The summed E-state index contributed by atoms with van der Waals surface area (Å²) >= 11 is 6.00. The number of anilines is 2. The molecule has 0 bridgehead atoms. The summed E-state index contributed by atoms with van der Waals surface area (Å²) in [6.45, 7) is 1.84. The highest BCUT2D eigenvalue weighted by Gasteiger charge is 2.09. The van der Waals surface area contributed by atoms with Gasteiger partial charge in [-0.2, -0.15) is 0 Å². The van der Waals surface area contributed by atoms with Crippen molar-refractivity contribution in [2.45, 2.75) is 6.92 Å². The Bertz CT molecular complexity index is 913. The number of hydrogen-bond acceptors (Lipinski definition) is 2. The largest absolute Gasteiger partial charge is 0.323 e. The van der Waals surface area contributed by atoms with Gasteiger partial charge in [0.1, 0.15) is 0 Å². The number of fused-ring (bicyclic) bond motifs is 1. The van der Waals surface area contributed by atoms with Crippen LogP contribution in [0.1, 0.15) is 5.56 Å². The van der Waals surface area contributed by atoms with Gasteiger partial charge in [-0.05, 0) is 36.8 Å². The summed E-state index contributed by atoms with van der Waals surface area (Å²) in [7, 11) is 0. The van der Waals surface area contributed by atoms with Crippen molar-refractivity contribution in [3.63, 3.8) is 0 Å². The van der Waals surface area contributed by atoms with Gasteiger partial charge in [0.15, 0.2) is 0 Å². The fourth-order valence-electron chi connectivity index (χ4n) is 2.16. The van der Waals surface area contributed by atoms with Crippen LogP contribution in [-0.4, -0.2) is 16.0 Å². The van der Waals surface area contributed by atoms with Gasteiger partial charge in [-0.15, -0.1) is 0 Å². The van der Waals surface area contributed by atoms with Crippen LogP contribution < -0.4 is 16.3 Å². The van der Waals surface area contributed by atoms with Crippen molar-refractivity contribution in [2.75, 3.05) is 10.6 Å². The van der Waals surface area contributed by atoms with Gasteiger partial charge in [-0.1, -0.05) is 23.7 Å². The number of aromatic nitrogens is 2. The molecule has 0 radical (unpaired) electrons. The van der Waals surface area contributed by atoms with E-state index in [4.69, 9.17) is 11.6 Å². The van der Waals surface area contributed by atoms with Gasteiger partial charge >= 0.3 is 11.7 Å². The van der Waals surface area contributed by atoms with Gasteiger partial charge in [-0.3, -0.25) is 0 Å². The quantitative estimate of drug-likeness (QED) is 0.583. The molecule has 1 heterocycles. The molecule has 4 N–H and O–H groups in total. The number of rotatable bonds is 2. The van der Waals surface area contributed by atoms with Crippen LogP contribution in [0.4, 0.5) is 16.2 Å². The van der Waals surface area contributed by atoms with E-state index in [-0.39, 0.29) is 5.69 Å². The third kappa shape index (κ3) is 2.82. The molecule has 7 heteroatoms. The first kappa shape index (κ1) is 14.2. The molecular weight excluding hydrogens is 304 g/mol. The molecule has 1 aromatic heterocycles. The number of para-hydroxylation sites is 1. The maximum Gasteiger partial charge on any atom is 0.323 e.